The van der Waals surface area contributed by atoms with Crippen molar-refractivity contribution in [3.05, 3.63) is 0 Å². The summed E-state index contributed by atoms with van der Waals surface area (Å²) in [5.41, 5.74) is 0. The third-order valence-corrected chi connectivity index (χ3v) is 4.31. The van der Waals surface area contributed by atoms with Crippen LogP contribution in [0.3, 0.4) is 0 Å². The Morgan fingerprint density at radius 3 is 2.48 bits per heavy atom. The molecule has 0 bridgehead atoms. The van der Waals surface area contributed by atoms with E-state index in [0.29, 0.717) is 13.4 Å². The molecule has 1 heterocycles. The van der Waals surface area contributed by atoms with Crippen molar-refractivity contribution in [1.82, 2.24) is 0 Å². The van der Waals surface area contributed by atoms with E-state index < -0.39 is 0 Å². The first kappa shape index (κ1) is 20.9. The van der Waals surface area contributed by atoms with Gasteiger partial charge in [-0.2, -0.15) is 0 Å². The van der Waals surface area contributed by atoms with Crippen molar-refractivity contribution in [2.24, 2.45) is 5.92 Å². The molecule has 0 saturated carbocycles. The average molecular weight is 326 g/mol. The van der Waals surface area contributed by atoms with E-state index in [0.717, 1.165) is 13.0 Å². The number of rotatable bonds is 13. The van der Waals surface area contributed by atoms with Crippen LogP contribution in [0.1, 0.15) is 66.2 Å². The van der Waals surface area contributed by atoms with Crippen LogP contribution in [0, 0.1) is 5.92 Å². The quantitative estimate of drug-likeness (QED) is 0.294. The summed E-state index contributed by atoms with van der Waals surface area (Å²) in [6, 6.07) is -0.292. The highest BCUT2D eigenvalue weighted by molar-refractivity contribution is 6.11. The lowest BCUT2D eigenvalue weighted by atomic mass is 9.86. The largest absolute Gasteiger partial charge is 0.379 e. The van der Waals surface area contributed by atoms with Crippen LogP contribution < -0.4 is 0 Å². The van der Waals surface area contributed by atoms with Crippen LogP contribution in [-0.2, 0) is 18.9 Å². The summed E-state index contributed by atoms with van der Waals surface area (Å²) >= 11 is 0. The van der Waals surface area contributed by atoms with Gasteiger partial charge in [0.25, 0.3) is 0 Å². The van der Waals surface area contributed by atoms with E-state index >= 15 is 0 Å². The first-order valence-electron chi connectivity index (χ1n) is 9.28. The molecule has 1 unspecified atom stereocenters. The molecule has 0 amide bonds. The molecule has 23 heavy (non-hydrogen) atoms. The zero-order chi connectivity index (χ0) is 17.1. The highest BCUT2D eigenvalue weighted by Crippen LogP contribution is 2.28. The molecule has 1 saturated heterocycles. The van der Waals surface area contributed by atoms with Gasteiger partial charge in [0.15, 0.2) is 0 Å². The van der Waals surface area contributed by atoms with E-state index in [4.69, 9.17) is 26.8 Å². The molecule has 0 aliphatic carbocycles. The van der Waals surface area contributed by atoms with E-state index in [2.05, 4.69) is 13.8 Å². The van der Waals surface area contributed by atoms with Gasteiger partial charge < -0.3 is 18.9 Å². The maximum absolute atomic E-state index is 5.98. The van der Waals surface area contributed by atoms with Gasteiger partial charge in [-0.05, 0) is 20.3 Å². The minimum atomic E-state index is -0.292. The molecule has 1 fully saturated rings. The topological polar surface area (TPSA) is 36.9 Å². The van der Waals surface area contributed by atoms with Crippen LogP contribution in [0.5, 0.6) is 0 Å². The zero-order valence-corrected chi connectivity index (χ0v) is 15.5. The monoisotopic (exact) mass is 326 g/mol. The molecule has 0 aromatic carbocycles. The Kier molecular flexibility index (Phi) is 11.2. The van der Waals surface area contributed by atoms with E-state index in [1.807, 2.05) is 13.8 Å². The lowest BCUT2D eigenvalue weighted by Gasteiger charge is -2.22. The molecule has 0 N–H and O–H groups in total. The van der Waals surface area contributed by atoms with Gasteiger partial charge in [0, 0.05) is 18.5 Å². The van der Waals surface area contributed by atoms with Gasteiger partial charge in [0.1, 0.15) is 20.7 Å². The minimum absolute atomic E-state index is 0.0618. The molecule has 5 heteroatoms. The van der Waals surface area contributed by atoms with Crippen molar-refractivity contribution >= 4 is 7.85 Å². The van der Waals surface area contributed by atoms with Gasteiger partial charge in [-0.25, -0.2) is 0 Å². The number of ether oxygens (including phenoxy) is 4. The van der Waals surface area contributed by atoms with Crippen molar-refractivity contribution in [3.8, 4) is 0 Å². The Labute approximate surface area is 144 Å². The zero-order valence-electron chi connectivity index (χ0n) is 15.5. The van der Waals surface area contributed by atoms with Gasteiger partial charge in [-0.1, -0.05) is 46.0 Å². The fraction of sp³-hybridized carbons (Fsp3) is 1.00. The Balaban J connectivity index is 2.13. The molecular weight excluding hydrogens is 291 g/mol. The highest BCUT2D eigenvalue weighted by Gasteiger charge is 2.40. The normalized spacial score (nSPS) is 27.9. The third-order valence-electron chi connectivity index (χ3n) is 4.31. The second kappa shape index (κ2) is 12.3. The smallest absolute Gasteiger partial charge is 0.147 e. The van der Waals surface area contributed by atoms with Crippen molar-refractivity contribution < 1.29 is 18.9 Å². The number of hydrogen-bond donors (Lipinski definition) is 0. The summed E-state index contributed by atoms with van der Waals surface area (Å²) < 4.78 is 22.9. The summed E-state index contributed by atoms with van der Waals surface area (Å²) in [6.45, 7) is 9.89. The maximum Gasteiger partial charge on any atom is 0.147 e. The Morgan fingerprint density at radius 1 is 1.09 bits per heavy atom. The van der Waals surface area contributed by atoms with Crippen molar-refractivity contribution in [3.63, 3.8) is 0 Å². The fourth-order valence-electron chi connectivity index (χ4n) is 2.78. The van der Waals surface area contributed by atoms with Crippen LogP contribution in [0.25, 0.3) is 0 Å². The van der Waals surface area contributed by atoms with Crippen LogP contribution in [0.4, 0.5) is 0 Å². The van der Waals surface area contributed by atoms with E-state index in [9.17, 15) is 0 Å². The van der Waals surface area contributed by atoms with Gasteiger partial charge in [0.05, 0.1) is 18.8 Å². The molecule has 134 valence electrons. The number of hydrogen-bond acceptors (Lipinski definition) is 4. The van der Waals surface area contributed by atoms with Crippen molar-refractivity contribution in [2.45, 2.75) is 90.5 Å². The third kappa shape index (κ3) is 8.53. The molecule has 1 rings (SSSR count). The summed E-state index contributed by atoms with van der Waals surface area (Å²) in [4.78, 5) is 0. The molecule has 1 aliphatic heterocycles. The van der Waals surface area contributed by atoms with Gasteiger partial charge in [0.2, 0.25) is 0 Å². The van der Waals surface area contributed by atoms with Crippen LogP contribution >= 0.6 is 0 Å². The number of unbranched alkanes of at least 4 members (excludes halogenated alkanes) is 5. The Morgan fingerprint density at radius 2 is 1.78 bits per heavy atom. The lowest BCUT2D eigenvalue weighted by Crippen LogP contribution is -2.34. The molecule has 2 radical (unpaired) electrons. The fourth-order valence-corrected chi connectivity index (χ4v) is 2.78. The molecule has 0 spiro atoms. The minimum Gasteiger partial charge on any atom is -0.379 e. The Bertz CT molecular complexity index is 288. The average Bonchev–Trinajstić information content (AvgIpc) is 2.78. The molecule has 4 atom stereocenters. The van der Waals surface area contributed by atoms with Crippen molar-refractivity contribution in [1.29, 1.82) is 0 Å². The SMILES string of the molecule is [B][C@@H]1O[C@H](COC(C)C)[C@H](OCOCCCCCCCC)C1C. The van der Waals surface area contributed by atoms with Crippen LogP contribution in [0.15, 0.2) is 0 Å². The van der Waals surface area contributed by atoms with Gasteiger partial charge in [-0.3, -0.25) is 0 Å². The second-order valence-corrected chi connectivity index (χ2v) is 6.81. The highest BCUT2D eigenvalue weighted by atomic mass is 16.7. The predicted molar refractivity (Wildman–Crippen MR) is 93.7 cm³/mol. The van der Waals surface area contributed by atoms with Gasteiger partial charge in [-0.15, -0.1) is 0 Å². The van der Waals surface area contributed by atoms with Crippen molar-refractivity contribution in [2.75, 3.05) is 20.0 Å². The summed E-state index contributed by atoms with van der Waals surface area (Å²) in [5, 5.41) is 0. The standard InChI is InChI=1S/C18H35BO4/c1-5-6-7-8-9-10-11-20-13-22-17-15(4)18(19)23-16(17)12-21-14(2)3/h14-18H,5-13H2,1-4H3/t15?,16-,17-,18-/m1/s1. The molecular formula is C18H35BO4. The van der Waals surface area contributed by atoms with E-state index in [1.54, 1.807) is 0 Å². The summed E-state index contributed by atoms with van der Waals surface area (Å²) in [7, 11) is 5.98. The van der Waals surface area contributed by atoms with Crippen LogP contribution in [-0.4, -0.2) is 52.2 Å². The first-order chi connectivity index (χ1) is 11.1. The van der Waals surface area contributed by atoms with Crippen LogP contribution in [0.2, 0.25) is 0 Å². The molecule has 0 aromatic rings. The van der Waals surface area contributed by atoms with E-state index in [-0.39, 0.29) is 30.2 Å². The molecule has 0 aromatic heterocycles. The van der Waals surface area contributed by atoms with Gasteiger partial charge >= 0.3 is 0 Å². The molecule has 4 nitrogen and oxygen atoms in total. The predicted octanol–water partition coefficient (Wildman–Crippen LogP) is 3.66. The maximum atomic E-state index is 5.98. The second-order valence-electron chi connectivity index (χ2n) is 6.81. The first-order valence-corrected chi connectivity index (χ1v) is 9.28. The molecule has 1 aliphatic rings. The summed E-state index contributed by atoms with van der Waals surface area (Å²) in [6.07, 6.45) is 7.60. The van der Waals surface area contributed by atoms with E-state index in [1.165, 1.54) is 32.1 Å². The lowest BCUT2D eigenvalue weighted by molar-refractivity contribution is -0.129. The Hall–Kier alpha value is -0.0951. The summed E-state index contributed by atoms with van der Waals surface area (Å²) in [5.74, 6) is 0.147.